The fraction of sp³-hybridized carbons (Fsp3) is 0.500. The minimum absolute atomic E-state index is 0.734. The number of benzene rings is 1. The number of rotatable bonds is 4. The minimum atomic E-state index is 0.734. The van der Waals surface area contributed by atoms with E-state index in [1.807, 2.05) is 24.3 Å². The summed E-state index contributed by atoms with van der Waals surface area (Å²) >= 11 is 0. The van der Waals surface area contributed by atoms with E-state index in [-0.39, 0.29) is 0 Å². The number of para-hydroxylation sites is 1. The van der Waals surface area contributed by atoms with Crippen molar-refractivity contribution < 1.29 is 0 Å². The molecule has 0 amide bonds. The fourth-order valence-corrected chi connectivity index (χ4v) is 2.32. The lowest BCUT2D eigenvalue weighted by Crippen LogP contribution is -2.28. The van der Waals surface area contributed by atoms with Crippen LogP contribution in [0.5, 0.6) is 0 Å². The highest BCUT2D eigenvalue weighted by atomic mass is 14.9. The number of nitrogens with one attached hydrogen (secondary N) is 2. The van der Waals surface area contributed by atoms with Crippen molar-refractivity contribution in [1.82, 2.24) is 5.32 Å². The molecule has 0 unspecified atom stereocenters. The average molecular weight is 229 g/mol. The SMILES string of the molecule is N#Cc1ccccc1NCCC1CCNCC1. The normalized spacial score (nSPS) is 16.4. The summed E-state index contributed by atoms with van der Waals surface area (Å²) in [6.45, 7) is 3.27. The molecule has 1 fully saturated rings. The zero-order valence-electron chi connectivity index (χ0n) is 10.1. The van der Waals surface area contributed by atoms with Gasteiger partial charge in [-0.1, -0.05) is 12.1 Å². The molecule has 2 N–H and O–H groups in total. The highest BCUT2D eigenvalue weighted by Gasteiger charge is 2.12. The molecule has 2 rings (SSSR count). The molecule has 90 valence electrons. The Bertz CT molecular complexity index is 389. The van der Waals surface area contributed by atoms with E-state index in [4.69, 9.17) is 5.26 Å². The van der Waals surface area contributed by atoms with Crippen LogP contribution in [-0.2, 0) is 0 Å². The Balaban J connectivity index is 1.79. The summed E-state index contributed by atoms with van der Waals surface area (Å²) in [7, 11) is 0. The molecule has 1 saturated heterocycles. The van der Waals surface area contributed by atoms with E-state index in [2.05, 4.69) is 16.7 Å². The van der Waals surface area contributed by atoms with Gasteiger partial charge < -0.3 is 10.6 Å². The predicted octanol–water partition coefficient (Wildman–Crippen LogP) is 2.36. The number of hydrogen-bond donors (Lipinski definition) is 2. The average Bonchev–Trinajstić information content (AvgIpc) is 2.40. The first-order valence-electron chi connectivity index (χ1n) is 6.34. The lowest BCUT2D eigenvalue weighted by Gasteiger charge is -2.22. The summed E-state index contributed by atoms with van der Waals surface area (Å²) in [5.41, 5.74) is 1.70. The predicted molar refractivity (Wildman–Crippen MR) is 69.9 cm³/mol. The maximum atomic E-state index is 8.97. The zero-order chi connectivity index (χ0) is 11.9. The monoisotopic (exact) mass is 229 g/mol. The summed E-state index contributed by atoms with van der Waals surface area (Å²) in [5, 5.41) is 15.7. The van der Waals surface area contributed by atoms with Gasteiger partial charge in [0.1, 0.15) is 6.07 Å². The molecule has 0 bridgehead atoms. The molecular formula is C14H19N3. The number of hydrogen-bond acceptors (Lipinski definition) is 3. The Hall–Kier alpha value is -1.53. The van der Waals surface area contributed by atoms with Crippen molar-refractivity contribution in [2.24, 2.45) is 5.92 Å². The zero-order valence-corrected chi connectivity index (χ0v) is 10.1. The van der Waals surface area contributed by atoms with Gasteiger partial charge in [-0.25, -0.2) is 0 Å². The van der Waals surface area contributed by atoms with Crippen LogP contribution in [0, 0.1) is 17.2 Å². The van der Waals surface area contributed by atoms with Gasteiger partial charge in [0, 0.05) is 6.54 Å². The van der Waals surface area contributed by atoms with Crippen LogP contribution >= 0.6 is 0 Å². The van der Waals surface area contributed by atoms with Crippen molar-refractivity contribution in [1.29, 1.82) is 5.26 Å². The van der Waals surface area contributed by atoms with Gasteiger partial charge in [0.2, 0.25) is 0 Å². The van der Waals surface area contributed by atoms with Gasteiger partial charge in [-0.05, 0) is 50.4 Å². The van der Waals surface area contributed by atoms with E-state index in [1.54, 1.807) is 0 Å². The third-order valence-corrected chi connectivity index (χ3v) is 3.37. The molecule has 1 aromatic carbocycles. The lowest BCUT2D eigenvalue weighted by atomic mass is 9.95. The van der Waals surface area contributed by atoms with Crippen molar-refractivity contribution in [2.45, 2.75) is 19.3 Å². The van der Waals surface area contributed by atoms with Gasteiger partial charge in [-0.3, -0.25) is 0 Å². The molecule has 1 heterocycles. The van der Waals surface area contributed by atoms with Crippen molar-refractivity contribution >= 4 is 5.69 Å². The Labute approximate surface area is 103 Å². The van der Waals surface area contributed by atoms with Crippen LogP contribution < -0.4 is 10.6 Å². The third kappa shape index (κ3) is 3.47. The van der Waals surface area contributed by atoms with Gasteiger partial charge >= 0.3 is 0 Å². The first-order chi connectivity index (χ1) is 8.40. The smallest absolute Gasteiger partial charge is 0.101 e. The molecule has 3 heteroatoms. The summed E-state index contributed by atoms with van der Waals surface area (Å²) < 4.78 is 0. The van der Waals surface area contributed by atoms with Crippen LogP contribution in [-0.4, -0.2) is 19.6 Å². The minimum Gasteiger partial charge on any atom is -0.384 e. The van der Waals surface area contributed by atoms with Crippen molar-refractivity contribution in [3.05, 3.63) is 29.8 Å². The molecule has 1 aliphatic rings. The number of nitriles is 1. The highest BCUT2D eigenvalue weighted by molar-refractivity contribution is 5.56. The van der Waals surface area contributed by atoms with Gasteiger partial charge in [0.05, 0.1) is 11.3 Å². The molecule has 0 aromatic heterocycles. The number of piperidine rings is 1. The van der Waals surface area contributed by atoms with Crippen LogP contribution in [0.2, 0.25) is 0 Å². The quantitative estimate of drug-likeness (QED) is 0.833. The molecular weight excluding hydrogens is 210 g/mol. The van der Waals surface area contributed by atoms with Gasteiger partial charge in [-0.2, -0.15) is 5.26 Å². The first kappa shape index (κ1) is 11.9. The summed E-state index contributed by atoms with van der Waals surface area (Å²) in [4.78, 5) is 0. The Morgan fingerprint density at radius 1 is 1.29 bits per heavy atom. The van der Waals surface area contributed by atoms with E-state index in [1.165, 1.54) is 19.3 Å². The van der Waals surface area contributed by atoms with Crippen LogP contribution in [0.15, 0.2) is 24.3 Å². The number of nitrogens with zero attached hydrogens (tertiary/aromatic N) is 1. The van der Waals surface area contributed by atoms with Gasteiger partial charge in [0.15, 0.2) is 0 Å². The van der Waals surface area contributed by atoms with E-state index in [0.29, 0.717) is 0 Å². The lowest BCUT2D eigenvalue weighted by molar-refractivity contribution is 0.361. The largest absolute Gasteiger partial charge is 0.384 e. The van der Waals surface area contributed by atoms with Crippen molar-refractivity contribution in [3.8, 4) is 6.07 Å². The molecule has 0 radical (unpaired) electrons. The Morgan fingerprint density at radius 3 is 2.82 bits per heavy atom. The van der Waals surface area contributed by atoms with Crippen LogP contribution in [0.25, 0.3) is 0 Å². The maximum absolute atomic E-state index is 8.97. The Morgan fingerprint density at radius 2 is 2.06 bits per heavy atom. The summed E-state index contributed by atoms with van der Waals surface area (Å²) in [6.07, 6.45) is 3.75. The van der Waals surface area contributed by atoms with Crippen molar-refractivity contribution in [2.75, 3.05) is 25.0 Å². The topological polar surface area (TPSA) is 47.9 Å². The van der Waals surface area contributed by atoms with E-state index < -0.39 is 0 Å². The molecule has 0 spiro atoms. The molecule has 0 aliphatic carbocycles. The van der Waals surface area contributed by atoms with Crippen LogP contribution in [0.4, 0.5) is 5.69 Å². The second kappa shape index (κ2) is 6.27. The summed E-state index contributed by atoms with van der Waals surface area (Å²) in [6, 6.07) is 9.90. The number of anilines is 1. The maximum Gasteiger partial charge on any atom is 0.101 e. The highest BCUT2D eigenvalue weighted by Crippen LogP contribution is 2.17. The molecule has 17 heavy (non-hydrogen) atoms. The molecule has 1 aliphatic heterocycles. The fourth-order valence-electron chi connectivity index (χ4n) is 2.32. The first-order valence-corrected chi connectivity index (χ1v) is 6.34. The van der Waals surface area contributed by atoms with Gasteiger partial charge in [-0.15, -0.1) is 0 Å². The second-order valence-electron chi connectivity index (χ2n) is 4.57. The van der Waals surface area contributed by atoms with E-state index >= 15 is 0 Å². The van der Waals surface area contributed by atoms with Crippen LogP contribution in [0.3, 0.4) is 0 Å². The third-order valence-electron chi connectivity index (χ3n) is 3.37. The second-order valence-corrected chi connectivity index (χ2v) is 4.57. The Kier molecular flexibility index (Phi) is 4.40. The van der Waals surface area contributed by atoms with E-state index in [0.717, 1.165) is 36.8 Å². The van der Waals surface area contributed by atoms with Crippen molar-refractivity contribution in [3.63, 3.8) is 0 Å². The summed E-state index contributed by atoms with van der Waals surface area (Å²) in [5.74, 6) is 0.831. The molecule has 3 nitrogen and oxygen atoms in total. The van der Waals surface area contributed by atoms with Gasteiger partial charge in [0.25, 0.3) is 0 Å². The van der Waals surface area contributed by atoms with E-state index in [9.17, 15) is 0 Å². The molecule has 0 atom stereocenters. The molecule has 1 aromatic rings. The standard InChI is InChI=1S/C14H19N3/c15-11-13-3-1-2-4-14(13)17-10-7-12-5-8-16-9-6-12/h1-4,12,16-17H,5-10H2. The molecule has 0 saturated carbocycles. The van der Waals surface area contributed by atoms with Crippen LogP contribution in [0.1, 0.15) is 24.8 Å².